The molecule has 0 bridgehead atoms. The van der Waals surface area contributed by atoms with Crippen LogP contribution in [0.1, 0.15) is 30.9 Å². The Morgan fingerprint density at radius 3 is 2.73 bits per heavy atom. The molecule has 0 unspecified atom stereocenters. The van der Waals surface area contributed by atoms with Crippen molar-refractivity contribution < 1.29 is 5.11 Å². The number of phenolic OH excluding ortho intramolecular Hbond substituents is 1. The molecule has 1 N–H and O–H groups in total. The molecule has 1 aromatic carbocycles. The normalized spacial score (nSPS) is 10.9. The van der Waals surface area contributed by atoms with Gasteiger partial charge in [0.2, 0.25) is 0 Å². The lowest BCUT2D eigenvalue weighted by Crippen LogP contribution is -2.19. The lowest BCUT2D eigenvalue weighted by Gasteiger charge is -2.17. The van der Waals surface area contributed by atoms with Crippen molar-refractivity contribution in [3.8, 4) is 5.75 Å². The molecule has 0 saturated carbocycles. The van der Waals surface area contributed by atoms with E-state index < -0.39 is 0 Å². The predicted molar refractivity (Wildman–Crippen MR) is 64.1 cm³/mol. The average molecular weight is 207 g/mol. The van der Waals surface area contributed by atoms with Gasteiger partial charge in [-0.15, -0.1) is 0 Å². The molecule has 0 aliphatic heterocycles. The first-order chi connectivity index (χ1) is 7.13. The number of hydrogen-bond donors (Lipinski definition) is 1. The van der Waals surface area contributed by atoms with Crippen LogP contribution in [0.15, 0.2) is 18.2 Å². The van der Waals surface area contributed by atoms with Crippen molar-refractivity contribution in [3.63, 3.8) is 0 Å². The molecule has 0 fully saturated rings. The van der Waals surface area contributed by atoms with Gasteiger partial charge in [-0.1, -0.05) is 31.0 Å². The number of hydrogen-bond acceptors (Lipinski definition) is 2. The maximum atomic E-state index is 9.68. The Labute approximate surface area is 92.5 Å². The molecule has 0 saturated heterocycles. The Bertz CT molecular complexity index is 309. The summed E-state index contributed by atoms with van der Waals surface area (Å²) in [5.41, 5.74) is 2.22. The third kappa shape index (κ3) is 3.92. The van der Waals surface area contributed by atoms with E-state index in [-0.39, 0.29) is 0 Å². The highest BCUT2D eigenvalue weighted by Crippen LogP contribution is 2.19. The zero-order chi connectivity index (χ0) is 11.3. The van der Waals surface area contributed by atoms with E-state index in [0.717, 1.165) is 18.7 Å². The fraction of sp³-hybridized carbons (Fsp3) is 0.538. The third-order valence-corrected chi connectivity index (χ3v) is 2.57. The van der Waals surface area contributed by atoms with E-state index in [1.807, 2.05) is 6.07 Å². The molecule has 0 amide bonds. The quantitative estimate of drug-likeness (QED) is 0.802. The van der Waals surface area contributed by atoms with Crippen LogP contribution in [0.2, 0.25) is 0 Å². The molecule has 1 aromatic rings. The Morgan fingerprint density at radius 1 is 1.33 bits per heavy atom. The van der Waals surface area contributed by atoms with Crippen molar-refractivity contribution in [2.75, 3.05) is 13.6 Å². The summed E-state index contributed by atoms with van der Waals surface area (Å²) in [5, 5.41) is 9.68. The van der Waals surface area contributed by atoms with Gasteiger partial charge in [0.1, 0.15) is 5.75 Å². The van der Waals surface area contributed by atoms with E-state index in [0.29, 0.717) is 5.75 Å². The van der Waals surface area contributed by atoms with Crippen LogP contribution in [0.5, 0.6) is 5.75 Å². The number of unbranched alkanes of at least 4 members (excludes halogenated alkanes) is 1. The van der Waals surface area contributed by atoms with Crippen LogP contribution < -0.4 is 0 Å². The Morgan fingerprint density at radius 2 is 2.07 bits per heavy atom. The highest BCUT2D eigenvalue weighted by atomic mass is 16.3. The summed E-state index contributed by atoms with van der Waals surface area (Å²) in [6.45, 7) is 6.16. The van der Waals surface area contributed by atoms with Crippen molar-refractivity contribution in [1.29, 1.82) is 0 Å². The van der Waals surface area contributed by atoms with Crippen LogP contribution in [0.3, 0.4) is 0 Å². The van der Waals surface area contributed by atoms with Crippen LogP contribution in [-0.4, -0.2) is 23.6 Å². The lowest BCUT2D eigenvalue weighted by molar-refractivity contribution is 0.314. The molecule has 1 rings (SSSR count). The minimum atomic E-state index is 0.406. The third-order valence-electron chi connectivity index (χ3n) is 2.57. The second-order valence-corrected chi connectivity index (χ2v) is 4.22. The highest BCUT2D eigenvalue weighted by Gasteiger charge is 2.04. The first kappa shape index (κ1) is 12.1. The fourth-order valence-electron chi connectivity index (χ4n) is 1.64. The second kappa shape index (κ2) is 5.76. The Kier molecular flexibility index (Phi) is 4.63. The van der Waals surface area contributed by atoms with Crippen LogP contribution in [0, 0.1) is 6.92 Å². The molecule has 2 heteroatoms. The number of phenols is 1. The van der Waals surface area contributed by atoms with Crippen LogP contribution in [-0.2, 0) is 6.54 Å². The molecular formula is C13H21NO. The van der Waals surface area contributed by atoms with Crippen molar-refractivity contribution >= 4 is 0 Å². The molecule has 0 heterocycles. The standard InChI is InChI=1S/C13H21NO/c1-4-5-8-14(3)10-12-9-11(2)6-7-13(12)15/h6-7,9,15H,4-5,8,10H2,1-3H3. The van der Waals surface area contributed by atoms with E-state index in [2.05, 4.69) is 31.9 Å². The fourth-order valence-corrected chi connectivity index (χ4v) is 1.64. The smallest absolute Gasteiger partial charge is 0.120 e. The first-order valence-corrected chi connectivity index (χ1v) is 5.60. The SMILES string of the molecule is CCCCN(C)Cc1cc(C)ccc1O. The summed E-state index contributed by atoms with van der Waals surface area (Å²) < 4.78 is 0. The molecule has 2 nitrogen and oxygen atoms in total. The van der Waals surface area contributed by atoms with Gasteiger partial charge in [-0.05, 0) is 33.0 Å². The summed E-state index contributed by atoms with van der Waals surface area (Å²) in [6, 6.07) is 5.76. The van der Waals surface area contributed by atoms with Crippen LogP contribution in [0.4, 0.5) is 0 Å². The van der Waals surface area contributed by atoms with Gasteiger partial charge in [-0.25, -0.2) is 0 Å². The number of nitrogens with zero attached hydrogens (tertiary/aromatic N) is 1. The Balaban J connectivity index is 2.59. The van der Waals surface area contributed by atoms with Gasteiger partial charge in [0, 0.05) is 12.1 Å². The topological polar surface area (TPSA) is 23.5 Å². The van der Waals surface area contributed by atoms with Gasteiger partial charge in [0.05, 0.1) is 0 Å². The largest absolute Gasteiger partial charge is 0.508 e. The summed E-state index contributed by atoms with van der Waals surface area (Å²) >= 11 is 0. The number of aromatic hydroxyl groups is 1. The molecule has 0 spiro atoms. The molecule has 84 valence electrons. The van der Waals surface area contributed by atoms with Gasteiger partial charge in [-0.2, -0.15) is 0 Å². The monoisotopic (exact) mass is 207 g/mol. The van der Waals surface area contributed by atoms with E-state index in [9.17, 15) is 5.11 Å². The maximum absolute atomic E-state index is 9.68. The van der Waals surface area contributed by atoms with Crippen molar-refractivity contribution in [3.05, 3.63) is 29.3 Å². The number of benzene rings is 1. The molecule has 0 aliphatic rings. The predicted octanol–water partition coefficient (Wildman–Crippen LogP) is 2.93. The molecule has 0 atom stereocenters. The number of rotatable bonds is 5. The van der Waals surface area contributed by atoms with Gasteiger partial charge < -0.3 is 10.0 Å². The molecule has 0 aromatic heterocycles. The zero-order valence-corrected chi connectivity index (χ0v) is 9.95. The van der Waals surface area contributed by atoms with Crippen molar-refractivity contribution in [1.82, 2.24) is 4.90 Å². The van der Waals surface area contributed by atoms with Crippen molar-refractivity contribution in [2.24, 2.45) is 0 Å². The summed E-state index contributed by atoms with van der Waals surface area (Å²) in [7, 11) is 2.09. The van der Waals surface area contributed by atoms with E-state index >= 15 is 0 Å². The molecular weight excluding hydrogens is 186 g/mol. The minimum Gasteiger partial charge on any atom is -0.508 e. The van der Waals surface area contributed by atoms with Crippen LogP contribution in [0.25, 0.3) is 0 Å². The van der Waals surface area contributed by atoms with E-state index in [1.54, 1.807) is 6.07 Å². The van der Waals surface area contributed by atoms with Crippen LogP contribution >= 0.6 is 0 Å². The summed E-state index contributed by atoms with van der Waals surface area (Å²) in [4.78, 5) is 2.25. The Hall–Kier alpha value is -1.02. The average Bonchev–Trinajstić information content (AvgIpc) is 2.20. The van der Waals surface area contributed by atoms with Crippen molar-refractivity contribution in [2.45, 2.75) is 33.2 Å². The number of aryl methyl sites for hydroxylation is 1. The lowest BCUT2D eigenvalue weighted by atomic mass is 10.1. The summed E-state index contributed by atoms with van der Waals surface area (Å²) in [5.74, 6) is 0.406. The zero-order valence-electron chi connectivity index (χ0n) is 9.95. The first-order valence-electron chi connectivity index (χ1n) is 5.60. The highest BCUT2D eigenvalue weighted by molar-refractivity contribution is 5.35. The molecule has 15 heavy (non-hydrogen) atoms. The van der Waals surface area contributed by atoms with Gasteiger partial charge in [0.15, 0.2) is 0 Å². The second-order valence-electron chi connectivity index (χ2n) is 4.22. The van der Waals surface area contributed by atoms with Gasteiger partial charge in [0.25, 0.3) is 0 Å². The molecule has 0 radical (unpaired) electrons. The van der Waals surface area contributed by atoms with Gasteiger partial charge >= 0.3 is 0 Å². The summed E-state index contributed by atoms with van der Waals surface area (Å²) in [6.07, 6.45) is 2.42. The molecule has 0 aliphatic carbocycles. The minimum absolute atomic E-state index is 0.406. The maximum Gasteiger partial charge on any atom is 0.120 e. The van der Waals surface area contributed by atoms with Gasteiger partial charge in [-0.3, -0.25) is 0 Å². The van der Waals surface area contributed by atoms with E-state index in [4.69, 9.17) is 0 Å². The van der Waals surface area contributed by atoms with E-state index in [1.165, 1.54) is 18.4 Å².